The van der Waals surface area contributed by atoms with Crippen LogP contribution in [0.25, 0.3) is 0 Å². The summed E-state index contributed by atoms with van der Waals surface area (Å²) in [6.07, 6.45) is 8.54. The molecular formula is C18H28O. The lowest BCUT2D eigenvalue weighted by atomic mass is 9.88. The minimum Gasteiger partial charge on any atom is -0.388 e. The van der Waals surface area contributed by atoms with Gasteiger partial charge in [0, 0.05) is 0 Å². The highest BCUT2D eigenvalue weighted by atomic mass is 16.3. The first kappa shape index (κ1) is 14.6. The molecule has 1 nitrogen and oxygen atoms in total. The van der Waals surface area contributed by atoms with E-state index in [1.165, 1.54) is 50.5 Å². The van der Waals surface area contributed by atoms with Crippen LogP contribution in [0.1, 0.15) is 81.9 Å². The highest BCUT2D eigenvalue weighted by Gasteiger charge is 2.22. The number of aliphatic hydroxyl groups is 1. The van der Waals surface area contributed by atoms with Crippen LogP contribution in [-0.2, 0) is 0 Å². The molecule has 106 valence electrons. The summed E-state index contributed by atoms with van der Waals surface area (Å²) in [5.74, 6) is 1.08. The van der Waals surface area contributed by atoms with Crippen LogP contribution in [0, 0.1) is 5.92 Å². The molecule has 0 saturated heterocycles. The number of rotatable bonds is 4. The van der Waals surface area contributed by atoms with Gasteiger partial charge < -0.3 is 5.11 Å². The summed E-state index contributed by atoms with van der Waals surface area (Å²) >= 11 is 0. The summed E-state index contributed by atoms with van der Waals surface area (Å²) < 4.78 is 0. The van der Waals surface area contributed by atoms with Crippen LogP contribution in [-0.4, -0.2) is 5.11 Å². The minimum atomic E-state index is -0.260. The van der Waals surface area contributed by atoms with Crippen molar-refractivity contribution in [2.75, 3.05) is 0 Å². The molecule has 0 aliphatic heterocycles. The molecule has 1 N–H and O–H groups in total. The summed E-state index contributed by atoms with van der Waals surface area (Å²) in [5, 5.41) is 10.6. The van der Waals surface area contributed by atoms with Gasteiger partial charge in [0.15, 0.2) is 0 Å². The smallest absolute Gasteiger partial charge is 0.0818 e. The molecule has 1 saturated carbocycles. The van der Waals surface area contributed by atoms with Crippen molar-refractivity contribution in [1.29, 1.82) is 0 Å². The molecule has 1 aliphatic rings. The molecule has 1 heteroatoms. The van der Waals surface area contributed by atoms with Gasteiger partial charge >= 0.3 is 0 Å². The largest absolute Gasteiger partial charge is 0.388 e. The van der Waals surface area contributed by atoms with E-state index in [1.807, 2.05) is 0 Å². The number of hydrogen-bond acceptors (Lipinski definition) is 1. The first-order chi connectivity index (χ1) is 9.22. The highest BCUT2D eigenvalue weighted by Crippen LogP contribution is 2.34. The maximum absolute atomic E-state index is 10.6. The van der Waals surface area contributed by atoms with Gasteiger partial charge in [0.25, 0.3) is 0 Å². The van der Waals surface area contributed by atoms with Gasteiger partial charge in [0.2, 0.25) is 0 Å². The quantitative estimate of drug-likeness (QED) is 0.737. The normalized spacial score (nSPS) is 20.8. The van der Waals surface area contributed by atoms with Gasteiger partial charge in [-0.15, -0.1) is 0 Å². The Labute approximate surface area is 118 Å². The molecule has 1 aromatic carbocycles. The van der Waals surface area contributed by atoms with E-state index >= 15 is 0 Å². The standard InChI is InChI=1S/C18H28O/c1-3-14(2)15-10-12-17(13-11-15)18(19)16-8-6-4-5-7-9-16/h10-14,16,18-19H,3-9H2,1-2H3. The second-order valence-corrected chi connectivity index (χ2v) is 6.17. The van der Waals surface area contributed by atoms with E-state index in [9.17, 15) is 5.11 Å². The molecular weight excluding hydrogens is 232 g/mol. The summed E-state index contributed by atoms with van der Waals surface area (Å²) in [6, 6.07) is 8.67. The monoisotopic (exact) mass is 260 g/mol. The minimum absolute atomic E-state index is 0.260. The van der Waals surface area contributed by atoms with E-state index < -0.39 is 0 Å². The summed E-state index contributed by atoms with van der Waals surface area (Å²) in [6.45, 7) is 4.48. The lowest BCUT2D eigenvalue weighted by molar-refractivity contribution is 0.0988. The fourth-order valence-electron chi connectivity index (χ4n) is 3.16. The molecule has 2 unspecified atom stereocenters. The van der Waals surface area contributed by atoms with Crippen molar-refractivity contribution in [3.63, 3.8) is 0 Å². The van der Waals surface area contributed by atoms with Crippen molar-refractivity contribution in [3.8, 4) is 0 Å². The molecule has 1 aliphatic carbocycles. The van der Waals surface area contributed by atoms with E-state index in [0.717, 1.165) is 5.56 Å². The zero-order valence-electron chi connectivity index (χ0n) is 12.4. The summed E-state index contributed by atoms with van der Waals surface area (Å²) in [4.78, 5) is 0. The Bertz CT molecular complexity index is 360. The molecule has 0 bridgehead atoms. The van der Waals surface area contributed by atoms with Crippen molar-refractivity contribution in [1.82, 2.24) is 0 Å². The van der Waals surface area contributed by atoms with Crippen LogP contribution in [0.15, 0.2) is 24.3 Å². The Hall–Kier alpha value is -0.820. The molecule has 19 heavy (non-hydrogen) atoms. The topological polar surface area (TPSA) is 20.2 Å². The lowest BCUT2D eigenvalue weighted by Gasteiger charge is -2.22. The van der Waals surface area contributed by atoms with Gasteiger partial charge in [-0.25, -0.2) is 0 Å². The molecule has 0 heterocycles. The number of benzene rings is 1. The van der Waals surface area contributed by atoms with Gasteiger partial charge in [-0.3, -0.25) is 0 Å². The first-order valence-corrected chi connectivity index (χ1v) is 8.00. The van der Waals surface area contributed by atoms with E-state index in [-0.39, 0.29) is 6.10 Å². The highest BCUT2D eigenvalue weighted by molar-refractivity contribution is 5.26. The van der Waals surface area contributed by atoms with E-state index in [2.05, 4.69) is 38.1 Å². The van der Waals surface area contributed by atoms with Gasteiger partial charge in [-0.1, -0.05) is 63.8 Å². The van der Waals surface area contributed by atoms with E-state index in [1.54, 1.807) is 0 Å². The summed E-state index contributed by atoms with van der Waals surface area (Å²) in [5.41, 5.74) is 2.50. The molecule has 2 atom stereocenters. The predicted molar refractivity (Wildman–Crippen MR) is 81.3 cm³/mol. The van der Waals surface area contributed by atoms with Gasteiger partial charge in [-0.2, -0.15) is 0 Å². The number of aliphatic hydroxyl groups excluding tert-OH is 1. The van der Waals surface area contributed by atoms with Crippen molar-refractivity contribution in [2.24, 2.45) is 5.92 Å². The van der Waals surface area contributed by atoms with Gasteiger partial charge in [0.1, 0.15) is 0 Å². The number of hydrogen-bond donors (Lipinski definition) is 1. The van der Waals surface area contributed by atoms with Gasteiger partial charge in [-0.05, 0) is 42.2 Å². The van der Waals surface area contributed by atoms with Crippen molar-refractivity contribution in [3.05, 3.63) is 35.4 Å². The van der Waals surface area contributed by atoms with E-state index in [0.29, 0.717) is 11.8 Å². The zero-order chi connectivity index (χ0) is 13.7. The van der Waals surface area contributed by atoms with Crippen LogP contribution in [0.5, 0.6) is 0 Å². The van der Waals surface area contributed by atoms with Crippen LogP contribution < -0.4 is 0 Å². The third kappa shape index (κ3) is 3.82. The van der Waals surface area contributed by atoms with Crippen molar-refractivity contribution < 1.29 is 5.11 Å². The molecule has 2 rings (SSSR count). The van der Waals surface area contributed by atoms with Crippen molar-refractivity contribution >= 4 is 0 Å². The third-order valence-corrected chi connectivity index (χ3v) is 4.81. The maximum atomic E-state index is 10.6. The molecule has 0 radical (unpaired) electrons. The SMILES string of the molecule is CCC(C)c1ccc(C(O)C2CCCCCC2)cc1. The van der Waals surface area contributed by atoms with Crippen LogP contribution in [0.3, 0.4) is 0 Å². The Balaban J connectivity index is 2.03. The molecule has 1 aromatic rings. The lowest BCUT2D eigenvalue weighted by Crippen LogP contribution is -2.12. The maximum Gasteiger partial charge on any atom is 0.0818 e. The first-order valence-electron chi connectivity index (χ1n) is 8.00. The van der Waals surface area contributed by atoms with E-state index in [4.69, 9.17) is 0 Å². The van der Waals surface area contributed by atoms with Crippen LogP contribution >= 0.6 is 0 Å². The summed E-state index contributed by atoms with van der Waals surface area (Å²) in [7, 11) is 0. The average molecular weight is 260 g/mol. The fourth-order valence-corrected chi connectivity index (χ4v) is 3.16. The second kappa shape index (κ2) is 7.09. The van der Waals surface area contributed by atoms with Gasteiger partial charge in [0.05, 0.1) is 6.10 Å². The molecule has 0 amide bonds. The Morgan fingerprint density at radius 2 is 1.53 bits per heavy atom. The molecule has 1 fully saturated rings. The Morgan fingerprint density at radius 3 is 2.05 bits per heavy atom. The van der Waals surface area contributed by atoms with Crippen LogP contribution in [0.2, 0.25) is 0 Å². The average Bonchev–Trinajstić information content (AvgIpc) is 2.75. The molecule has 0 aromatic heterocycles. The third-order valence-electron chi connectivity index (χ3n) is 4.81. The Morgan fingerprint density at radius 1 is 1.00 bits per heavy atom. The second-order valence-electron chi connectivity index (χ2n) is 6.17. The van der Waals surface area contributed by atoms with Crippen LogP contribution in [0.4, 0.5) is 0 Å². The fraction of sp³-hybridized carbons (Fsp3) is 0.667. The predicted octanol–water partition coefficient (Wildman–Crippen LogP) is 5.20. The van der Waals surface area contributed by atoms with Crippen molar-refractivity contribution in [2.45, 2.75) is 70.8 Å². The zero-order valence-corrected chi connectivity index (χ0v) is 12.4. The molecule has 0 spiro atoms. The Kier molecular flexibility index (Phi) is 5.45.